The minimum Gasteiger partial charge on any atom is -0.497 e. The number of nitrogens with one attached hydrogen (secondary N) is 1. The number of rotatable bonds is 6. The van der Waals surface area contributed by atoms with Crippen LogP contribution in [0.3, 0.4) is 0 Å². The smallest absolute Gasteiger partial charge is 0.356 e. The number of carbonyl (C=O) groups is 2. The van der Waals surface area contributed by atoms with Crippen molar-refractivity contribution in [3.63, 3.8) is 0 Å². The van der Waals surface area contributed by atoms with Gasteiger partial charge >= 0.3 is 5.97 Å². The number of nitrogens with zero attached hydrogens (tertiary/aromatic N) is 3. The lowest BCUT2D eigenvalue weighted by Crippen LogP contribution is -2.39. The fraction of sp³-hybridized carbons (Fsp3) is 0.292. The van der Waals surface area contributed by atoms with Gasteiger partial charge in [-0.2, -0.15) is 5.10 Å². The number of hydrogen-bond acceptors (Lipinski definition) is 5. The zero-order valence-electron chi connectivity index (χ0n) is 18.0. The molecule has 1 saturated carbocycles. The van der Waals surface area contributed by atoms with Crippen LogP contribution in [-0.2, 0) is 12.0 Å². The third-order valence-corrected chi connectivity index (χ3v) is 6.50. The van der Waals surface area contributed by atoms with Crippen LogP contribution in [0.25, 0.3) is 5.69 Å². The van der Waals surface area contributed by atoms with Crippen LogP contribution in [0.15, 0.2) is 48.5 Å². The second kappa shape index (κ2) is 7.49. The molecule has 2 heterocycles. The van der Waals surface area contributed by atoms with Crippen molar-refractivity contribution in [2.75, 3.05) is 25.6 Å². The maximum Gasteiger partial charge on any atom is 0.356 e. The topological polar surface area (TPSA) is 96.7 Å². The predicted octanol–water partition coefficient (Wildman–Crippen LogP) is 2.99. The molecular weight excluding hydrogens is 408 g/mol. The number of ether oxygens (including phenoxy) is 1. The Bertz CT molecular complexity index is 1190. The molecule has 0 spiro atoms. The van der Waals surface area contributed by atoms with Gasteiger partial charge in [0.25, 0.3) is 5.91 Å². The van der Waals surface area contributed by atoms with E-state index >= 15 is 0 Å². The molecule has 1 amide bonds. The molecule has 8 heteroatoms. The van der Waals surface area contributed by atoms with E-state index in [1.165, 1.54) is 10.2 Å². The molecule has 3 aromatic rings. The van der Waals surface area contributed by atoms with E-state index in [0.717, 1.165) is 18.5 Å². The van der Waals surface area contributed by atoms with Crippen LogP contribution in [0.1, 0.15) is 44.9 Å². The number of carboxylic acid groups (broad SMARTS) is 1. The summed E-state index contributed by atoms with van der Waals surface area (Å²) in [6.45, 7) is 0.400. The first-order valence-electron chi connectivity index (χ1n) is 10.6. The van der Waals surface area contributed by atoms with Crippen molar-refractivity contribution in [3.8, 4) is 11.4 Å². The van der Waals surface area contributed by atoms with Crippen LogP contribution in [0.4, 0.5) is 5.69 Å². The van der Waals surface area contributed by atoms with E-state index in [1.54, 1.807) is 36.3 Å². The number of anilines is 1. The zero-order chi connectivity index (χ0) is 22.5. The number of carbonyl (C=O) groups excluding carboxylic acids is 1. The van der Waals surface area contributed by atoms with Crippen LogP contribution in [-0.4, -0.2) is 47.5 Å². The quantitative estimate of drug-likeness (QED) is 0.622. The maximum atomic E-state index is 13.6. The normalized spacial score (nSPS) is 16.6. The monoisotopic (exact) mass is 432 g/mol. The number of methoxy groups -OCH3 is 1. The van der Waals surface area contributed by atoms with Gasteiger partial charge in [0.15, 0.2) is 5.69 Å². The molecule has 8 nitrogen and oxygen atoms in total. The maximum absolute atomic E-state index is 13.6. The molecule has 0 radical (unpaired) electrons. The van der Waals surface area contributed by atoms with Crippen molar-refractivity contribution >= 4 is 17.6 Å². The number of carboxylic acids is 1. The van der Waals surface area contributed by atoms with Crippen LogP contribution in [0.2, 0.25) is 0 Å². The molecule has 5 rings (SSSR count). The van der Waals surface area contributed by atoms with Gasteiger partial charge in [-0.3, -0.25) is 4.79 Å². The number of aromatic carboxylic acids is 1. The Hall–Kier alpha value is -3.65. The van der Waals surface area contributed by atoms with Gasteiger partial charge in [-0.1, -0.05) is 12.1 Å². The Morgan fingerprint density at radius 3 is 2.31 bits per heavy atom. The summed E-state index contributed by atoms with van der Waals surface area (Å²) in [7, 11) is 3.54. The van der Waals surface area contributed by atoms with E-state index in [0.29, 0.717) is 30.0 Å². The Kier molecular flexibility index (Phi) is 4.74. The summed E-state index contributed by atoms with van der Waals surface area (Å²) in [5.41, 5.74) is 3.34. The first-order chi connectivity index (χ1) is 15.5. The van der Waals surface area contributed by atoms with E-state index in [-0.39, 0.29) is 22.8 Å². The second-order valence-electron chi connectivity index (χ2n) is 8.18. The summed E-state index contributed by atoms with van der Waals surface area (Å²) in [5.74, 6) is -0.734. The molecule has 2 aliphatic rings. The molecule has 0 atom stereocenters. The Morgan fingerprint density at radius 2 is 1.75 bits per heavy atom. The molecule has 1 fully saturated rings. The fourth-order valence-corrected chi connectivity index (χ4v) is 4.46. The van der Waals surface area contributed by atoms with E-state index in [9.17, 15) is 14.7 Å². The summed E-state index contributed by atoms with van der Waals surface area (Å²) in [6, 6.07) is 15.1. The molecule has 1 aliphatic heterocycles. The first kappa shape index (κ1) is 20.3. The van der Waals surface area contributed by atoms with Crippen molar-refractivity contribution in [2.45, 2.75) is 24.8 Å². The van der Waals surface area contributed by atoms with Gasteiger partial charge in [-0.05, 0) is 68.3 Å². The van der Waals surface area contributed by atoms with Gasteiger partial charge in [0.05, 0.1) is 12.8 Å². The molecule has 1 aliphatic carbocycles. The standard InChI is InChI=1S/C24H24N4O4/c1-25-24(12-13-24)15-3-5-16(6-4-15)27-14-11-19-20(23(30)31)26-28(21(19)22(27)29)17-7-9-18(32-2)10-8-17/h3-10,25H,11-14H2,1-2H3,(H,30,31). The van der Waals surface area contributed by atoms with Gasteiger partial charge in [0.2, 0.25) is 0 Å². The van der Waals surface area contributed by atoms with Crippen LogP contribution in [0, 0.1) is 0 Å². The van der Waals surface area contributed by atoms with Gasteiger partial charge in [0, 0.05) is 23.3 Å². The molecule has 32 heavy (non-hydrogen) atoms. The number of aromatic nitrogens is 2. The van der Waals surface area contributed by atoms with Crippen molar-refractivity contribution in [3.05, 3.63) is 71.0 Å². The fourth-order valence-electron chi connectivity index (χ4n) is 4.46. The SMILES string of the molecule is CNC1(c2ccc(N3CCc4c(C(=O)O)nn(-c5ccc(OC)cc5)c4C3=O)cc2)CC1. The predicted molar refractivity (Wildman–Crippen MR) is 119 cm³/mol. The average Bonchev–Trinajstić information content (AvgIpc) is 3.52. The van der Waals surface area contributed by atoms with Crippen molar-refractivity contribution in [1.29, 1.82) is 0 Å². The number of hydrogen-bond donors (Lipinski definition) is 2. The van der Waals surface area contributed by atoms with Gasteiger partial charge in [-0.15, -0.1) is 0 Å². The van der Waals surface area contributed by atoms with Crippen molar-refractivity contribution in [2.24, 2.45) is 0 Å². The lowest BCUT2D eigenvalue weighted by Gasteiger charge is -2.28. The van der Waals surface area contributed by atoms with Crippen LogP contribution < -0.4 is 15.0 Å². The third-order valence-electron chi connectivity index (χ3n) is 6.50. The van der Waals surface area contributed by atoms with E-state index in [4.69, 9.17) is 4.74 Å². The lowest BCUT2D eigenvalue weighted by molar-refractivity contribution is 0.0688. The summed E-state index contributed by atoms with van der Waals surface area (Å²) in [6.07, 6.45) is 2.63. The van der Waals surface area contributed by atoms with E-state index < -0.39 is 5.97 Å². The van der Waals surface area contributed by atoms with Crippen molar-refractivity contribution < 1.29 is 19.4 Å². The van der Waals surface area contributed by atoms with Crippen molar-refractivity contribution in [1.82, 2.24) is 15.1 Å². The number of amides is 1. The summed E-state index contributed by atoms with van der Waals surface area (Å²) in [4.78, 5) is 27.1. The minimum absolute atomic E-state index is 0.0565. The Balaban J connectivity index is 1.53. The molecule has 0 saturated heterocycles. The largest absolute Gasteiger partial charge is 0.497 e. The molecule has 0 unspecified atom stereocenters. The highest BCUT2D eigenvalue weighted by molar-refractivity contribution is 6.09. The lowest BCUT2D eigenvalue weighted by atomic mass is 10.0. The molecule has 1 aromatic heterocycles. The number of benzene rings is 2. The van der Waals surface area contributed by atoms with E-state index in [1.807, 2.05) is 19.2 Å². The summed E-state index contributed by atoms with van der Waals surface area (Å²) in [5, 5.41) is 17.3. The Labute approximate surface area is 185 Å². The second-order valence-corrected chi connectivity index (χ2v) is 8.18. The van der Waals surface area contributed by atoms with Gasteiger partial charge in [0.1, 0.15) is 11.4 Å². The summed E-state index contributed by atoms with van der Waals surface area (Å²) < 4.78 is 6.63. The highest BCUT2D eigenvalue weighted by atomic mass is 16.5. The van der Waals surface area contributed by atoms with E-state index in [2.05, 4.69) is 22.5 Å². The van der Waals surface area contributed by atoms with Crippen LogP contribution >= 0.6 is 0 Å². The number of fused-ring (bicyclic) bond motifs is 1. The van der Waals surface area contributed by atoms with Gasteiger partial charge in [-0.25, -0.2) is 9.48 Å². The molecule has 164 valence electrons. The highest BCUT2D eigenvalue weighted by Gasteiger charge is 2.42. The summed E-state index contributed by atoms with van der Waals surface area (Å²) >= 11 is 0. The zero-order valence-corrected chi connectivity index (χ0v) is 18.0. The Morgan fingerprint density at radius 1 is 1.09 bits per heavy atom. The van der Waals surface area contributed by atoms with Crippen LogP contribution in [0.5, 0.6) is 5.75 Å². The highest BCUT2D eigenvalue weighted by Crippen LogP contribution is 2.45. The molecular formula is C24H24N4O4. The minimum atomic E-state index is -1.14. The van der Waals surface area contributed by atoms with Gasteiger partial charge < -0.3 is 20.1 Å². The first-order valence-corrected chi connectivity index (χ1v) is 10.6. The molecule has 2 aromatic carbocycles. The third kappa shape index (κ3) is 3.15. The molecule has 2 N–H and O–H groups in total. The molecule has 0 bridgehead atoms. The average molecular weight is 432 g/mol.